The van der Waals surface area contributed by atoms with Crippen molar-refractivity contribution in [3.8, 4) is 11.4 Å². The average molecular weight is 436 g/mol. The number of nitrogens with zero attached hydrogens (tertiary/aromatic N) is 3. The Bertz CT molecular complexity index is 1060. The highest BCUT2D eigenvalue weighted by molar-refractivity contribution is 7.99. The van der Waals surface area contributed by atoms with Crippen LogP contribution < -0.4 is 5.32 Å². The Hall–Kier alpha value is -3.14. The lowest BCUT2D eigenvalue weighted by atomic mass is 10.2. The Morgan fingerprint density at radius 1 is 1.17 bits per heavy atom. The lowest BCUT2D eigenvalue weighted by Crippen LogP contribution is -2.15. The topological polar surface area (TPSA) is 59.8 Å². The summed E-state index contributed by atoms with van der Waals surface area (Å²) in [6.45, 7) is 3.95. The van der Waals surface area contributed by atoms with E-state index in [9.17, 15) is 22.4 Å². The van der Waals surface area contributed by atoms with Gasteiger partial charge in [0.15, 0.2) is 11.0 Å². The summed E-state index contributed by atoms with van der Waals surface area (Å²) in [4.78, 5) is 12.2. The predicted molar refractivity (Wildman–Crippen MR) is 106 cm³/mol. The smallest absolute Gasteiger partial charge is 0.325 e. The number of nitrogens with one attached hydrogen (secondary N) is 1. The Labute approximate surface area is 173 Å². The van der Waals surface area contributed by atoms with E-state index in [1.165, 1.54) is 18.2 Å². The van der Waals surface area contributed by atoms with Crippen LogP contribution in [0.3, 0.4) is 0 Å². The summed E-state index contributed by atoms with van der Waals surface area (Å²) < 4.78 is 54.1. The van der Waals surface area contributed by atoms with Gasteiger partial charge in [0.1, 0.15) is 5.82 Å². The van der Waals surface area contributed by atoms with E-state index in [1.807, 2.05) is 0 Å². The van der Waals surface area contributed by atoms with Gasteiger partial charge in [-0.2, -0.15) is 13.2 Å². The maximum atomic E-state index is 14.1. The van der Waals surface area contributed by atoms with Crippen LogP contribution in [-0.4, -0.2) is 26.4 Å². The first-order chi connectivity index (χ1) is 14.3. The van der Waals surface area contributed by atoms with Crippen LogP contribution >= 0.6 is 11.8 Å². The second-order valence-corrected chi connectivity index (χ2v) is 7.04. The van der Waals surface area contributed by atoms with Crippen molar-refractivity contribution in [3.63, 3.8) is 0 Å². The number of thioether (sulfide) groups is 1. The van der Waals surface area contributed by atoms with Crippen molar-refractivity contribution in [1.82, 2.24) is 14.8 Å². The van der Waals surface area contributed by atoms with Gasteiger partial charge in [0.25, 0.3) is 0 Å². The van der Waals surface area contributed by atoms with Crippen LogP contribution in [0.15, 0.2) is 66.3 Å². The number of hydrogen-bond donors (Lipinski definition) is 1. The molecule has 1 aromatic heterocycles. The quantitative estimate of drug-likeness (QED) is 0.321. The number of hydrogen-bond acceptors (Lipinski definition) is 4. The average Bonchev–Trinajstić information content (AvgIpc) is 3.09. The molecule has 3 aromatic rings. The number of allylic oxidation sites excluding steroid dienone is 1. The molecular formula is C20H16F4N4OS. The lowest BCUT2D eigenvalue weighted by molar-refractivity contribution is -0.137. The van der Waals surface area contributed by atoms with Crippen LogP contribution in [0.4, 0.5) is 23.2 Å². The summed E-state index contributed by atoms with van der Waals surface area (Å²) in [5.74, 6) is -0.814. The van der Waals surface area contributed by atoms with E-state index in [2.05, 4.69) is 22.1 Å². The number of anilines is 1. The SMILES string of the molecule is C=CCn1c(SCC(=O)Nc2cccc(C(F)(F)F)c2)nnc1-c1ccccc1F. The molecular weight excluding hydrogens is 420 g/mol. The number of rotatable bonds is 7. The van der Waals surface area contributed by atoms with Crippen LogP contribution in [0.5, 0.6) is 0 Å². The van der Waals surface area contributed by atoms with E-state index in [1.54, 1.807) is 28.8 Å². The molecule has 0 saturated heterocycles. The molecule has 0 atom stereocenters. The number of carbonyl (C=O) groups is 1. The van der Waals surface area contributed by atoms with Crippen molar-refractivity contribution < 1.29 is 22.4 Å². The normalized spacial score (nSPS) is 11.3. The highest BCUT2D eigenvalue weighted by Gasteiger charge is 2.30. The molecule has 0 aliphatic heterocycles. The van der Waals surface area contributed by atoms with Crippen molar-refractivity contribution in [2.24, 2.45) is 0 Å². The van der Waals surface area contributed by atoms with E-state index in [4.69, 9.17) is 0 Å². The van der Waals surface area contributed by atoms with Crippen molar-refractivity contribution in [2.45, 2.75) is 17.9 Å². The van der Waals surface area contributed by atoms with Crippen molar-refractivity contribution in [3.05, 3.63) is 72.6 Å². The van der Waals surface area contributed by atoms with Gasteiger partial charge in [0.05, 0.1) is 16.9 Å². The third kappa shape index (κ3) is 5.07. The van der Waals surface area contributed by atoms with E-state index in [0.29, 0.717) is 5.16 Å². The van der Waals surface area contributed by atoms with Crippen LogP contribution in [0, 0.1) is 5.82 Å². The van der Waals surface area contributed by atoms with Crippen molar-refractivity contribution >= 4 is 23.4 Å². The molecule has 3 rings (SSSR count). The second kappa shape index (κ2) is 9.12. The highest BCUT2D eigenvalue weighted by Crippen LogP contribution is 2.31. The molecule has 0 fully saturated rings. The minimum atomic E-state index is -4.50. The summed E-state index contributed by atoms with van der Waals surface area (Å²) >= 11 is 1.03. The summed E-state index contributed by atoms with van der Waals surface area (Å²) in [5, 5.41) is 10.8. The van der Waals surface area contributed by atoms with E-state index >= 15 is 0 Å². The van der Waals surface area contributed by atoms with Crippen LogP contribution in [0.1, 0.15) is 5.56 Å². The molecule has 0 aliphatic carbocycles. The first-order valence-electron chi connectivity index (χ1n) is 8.68. The molecule has 0 radical (unpaired) electrons. The molecule has 0 spiro atoms. The van der Waals surface area contributed by atoms with E-state index < -0.39 is 23.5 Å². The number of aromatic nitrogens is 3. The fourth-order valence-corrected chi connectivity index (χ4v) is 3.38. The second-order valence-electron chi connectivity index (χ2n) is 6.10. The Morgan fingerprint density at radius 3 is 2.63 bits per heavy atom. The molecule has 2 aromatic carbocycles. The number of carbonyl (C=O) groups excluding carboxylic acids is 1. The zero-order valence-corrected chi connectivity index (χ0v) is 16.3. The first-order valence-corrected chi connectivity index (χ1v) is 9.67. The molecule has 1 heterocycles. The third-order valence-electron chi connectivity index (χ3n) is 3.95. The molecule has 156 valence electrons. The molecule has 0 bridgehead atoms. The predicted octanol–water partition coefficient (Wildman–Crippen LogP) is 5.02. The van der Waals surface area contributed by atoms with Gasteiger partial charge in [0, 0.05) is 12.2 Å². The monoisotopic (exact) mass is 436 g/mol. The molecule has 5 nitrogen and oxygen atoms in total. The molecule has 1 amide bonds. The van der Waals surface area contributed by atoms with Crippen molar-refractivity contribution in [2.75, 3.05) is 11.1 Å². The van der Waals surface area contributed by atoms with Crippen molar-refractivity contribution in [1.29, 1.82) is 0 Å². The summed E-state index contributed by atoms with van der Waals surface area (Å²) in [7, 11) is 0. The standard InChI is InChI=1S/C20H16F4N4OS/c1-2-10-28-18(15-8-3-4-9-16(15)21)26-27-19(28)30-12-17(29)25-14-7-5-6-13(11-14)20(22,23)24/h2-9,11H,1,10,12H2,(H,25,29). The number of halogens is 4. The minimum Gasteiger partial charge on any atom is -0.325 e. The van der Waals surface area contributed by atoms with Crippen LogP contribution in [0.2, 0.25) is 0 Å². The van der Waals surface area contributed by atoms with Gasteiger partial charge in [0.2, 0.25) is 5.91 Å². The fraction of sp³-hybridized carbons (Fsp3) is 0.150. The Morgan fingerprint density at radius 2 is 1.93 bits per heavy atom. The van der Waals surface area contributed by atoms with Gasteiger partial charge in [-0.15, -0.1) is 16.8 Å². The zero-order chi connectivity index (χ0) is 21.7. The van der Waals surface area contributed by atoms with E-state index in [0.717, 1.165) is 23.9 Å². The maximum absolute atomic E-state index is 14.1. The van der Waals surface area contributed by atoms with Gasteiger partial charge in [-0.1, -0.05) is 36.0 Å². The highest BCUT2D eigenvalue weighted by atomic mass is 32.2. The van der Waals surface area contributed by atoms with Gasteiger partial charge in [-0.3, -0.25) is 9.36 Å². The minimum absolute atomic E-state index is 0.0371. The van der Waals surface area contributed by atoms with Crippen LogP contribution in [-0.2, 0) is 17.5 Å². The summed E-state index contributed by atoms with van der Waals surface area (Å²) in [6, 6.07) is 10.5. The van der Waals surface area contributed by atoms with Gasteiger partial charge < -0.3 is 5.32 Å². The number of amides is 1. The van der Waals surface area contributed by atoms with Crippen LogP contribution in [0.25, 0.3) is 11.4 Å². The third-order valence-corrected chi connectivity index (χ3v) is 4.92. The molecule has 30 heavy (non-hydrogen) atoms. The summed E-state index contributed by atoms with van der Waals surface area (Å²) in [6.07, 6.45) is -2.92. The Balaban J connectivity index is 1.72. The van der Waals surface area contributed by atoms with Gasteiger partial charge in [-0.25, -0.2) is 4.39 Å². The van der Waals surface area contributed by atoms with Gasteiger partial charge >= 0.3 is 6.18 Å². The molecule has 0 saturated carbocycles. The summed E-state index contributed by atoms with van der Waals surface area (Å²) in [5.41, 5.74) is -0.560. The molecule has 0 unspecified atom stereocenters. The molecule has 10 heteroatoms. The largest absolute Gasteiger partial charge is 0.416 e. The fourth-order valence-electron chi connectivity index (χ4n) is 2.63. The maximum Gasteiger partial charge on any atom is 0.416 e. The zero-order valence-electron chi connectivity index (χ0n) is 15.5. The lowest BCUT2D eigenvalue weighted by Gasteiger charge is -2.10. The van der Waals surface area contributed by atoms with E-state index in [-0.39, 0.29) is 29.4 Å². The van der Waals surface area contributed by atoms with Gasteiger partial charge in [-0.05, 0) is 30.3 Å². The number of alkyl halides is 3. The first kappa shape index (κ1) is 21.6. The Kier molecular flexibility index (Phi) is 6.56. The molecule has 1 N–H and O–H groups in total. The number of benzene rings is 2. The molecule has 0 aliphatic rings.